The van der Waals surface area contributed by atoms with Gasteiger partial charge in [-0.2, -0.15) is 5.10 Å². The van der Waals surface area contributed by atoms with E-state index in [2.05, 4.69) is 26.4 Å². The number of nitrogens with zero attached hydrogens (tertiary/aromatic N) is 2. The van der Waals surface area contributed by atoms with Gasteiger partial charge in [-0.3, -0.25) is 15.4 Å². The molecule has 3 aromatic rings. The van der Waals surface area contributed by atoms with Gasteiger partial charge in [-0.05, 0) is 26.0 Å². The Morgan fingerprint density at radius 2 is 1.91 bits per heavy atom. The molecule has 1 aliphatic heterocycles. The van der Waals surface area contributed by atoms with Crippen molar-refractivity contribution in [2.24, 2.45) is 0 Å². The standard InChI is InChI=1S/C23H26N6O3/c1-3-32-19-12-8-7-11-17(19)25-23(31)26-20-14-18(16-9-5-4-6-10-16)28-29(20)22-24-15(2)13-21(30)27-22/h4-12,14-15,22,24H,3,13H2,1-2H3,(H,27,30)(H2,25,26,31). The van der Waals surface area contributed by atoms with E-state index in [1.165, 1.54) is 0 Å². The second-order valence-electron chi connectivity index (χ2n) is 7.48. The zero-order valence-corrected chi connectivity index (χ0v) is 18.0. The van der Waals surface area contributed by atoms with Crippen LogP contribution in [-0.4, -0.2) is 34.4 Å². The van der Waals surface area contributed by atoms with Crippen LogP contribution in [0.1, 0.15) is 26.6 Å². The number of rotatable bonds is 6. The lowest BCUT2D eigenvalue weighted by molar-refractivity contribution is -0.125. The first kappa shape index (κ1) is 21.4. The highest BCUT2D eigenvalue weighted by atomic mass is 16.5. The number of hydrogen-bond acceptors (Lipinski definition) is 5. The van der Waals surface area contributed by atoms with Gasteiger partial charge >= 0.3 is 6.03 Å². The first-order chi connectivity index (χ1) is 15.5. The minimum atomic E-state index is -0.588. The van der Waals surface area contributed by atoms with Crippen LogP contribution in [0.5, 0.6) is 5.75 Å². The van der Waals surface area contributed by atoms with E-state index in [9.17, 15) is 9.59 Å². The highest BCUT2D eigenvalue weighted by Crippen LogP contribution is 2.26. The van der Waals surface area contributed by atoms with Gasteiger partial charge in [0.1, 0.15) is 11.6 Å². The van der Waals surface area contributed by atoms with E-state index in [1.54, 1.807) is 22.9 Å². The Hall–Kier alpha value is -3.85. The van der Waals surface area contributed by atoms with E-state index in [0.29, 0.717) is 36.0 Å². The third-order valence-corrected chi connectivity index (χ3v) is 4.96. The van der Waals surface area contributed by atoms with Crippen LogP contribution in [0.15, 0.2) is 60.7 Å². The van der Waals surface area contributed by atoms with Crippen LogP contribution in [0.25, 0.3) is 11.3 Å². The van der Waals surface area contributed by atoms with Gasteiger partial charge in [0.2, 0.25) is 5.91 Å². The lowest BCUT2D eigenvalue weighted by Gasteiger charge is -2.30. The molecule has 32 heavy (non-hydrogen) atoms. The molecule has 2 atom stereocenters. The molecule has 2 unspecified atom stereocenters. The van der Waals surface area contributed by atoms with Crippen molar-refractivity contribution in [3.8, 4) is 17.0 Å². The summed E-state index contributed by atoms with van der Waals surface area (Å²) in [7, 11) is 0. The van der Waals surface area contributed by atoms with Crippen LogP contribution in [0.3, 0.4) is 0 Å². The summed E-state index contributed by atoms with van der Waals surface area (Å²) in [4.78, 5) is 24.9. The lowest BCUT2D eigenvalue weighted by Crippen LogP contribution is -2.52. The molecule has 1 saturated heterocycles. The molecule has 0 saturated carbocycles. The summed E-state index contributed by atoms with van der Waals surface area (Å²) < 4.78 is 7.15. The third-order valence-electron chi connectivity index (χ3n) is 4.96. The van der Waals surface area contributed by atoms with E-state index in [-0.39, 0.29) is 11.9 Å². The predicted octanol–water partition coefficient (Wildman–Crippen LogP) is 3.55. The van der Waals surface area contributed by atoms with Gasteiger partial charge in [0.25, 0.3) is 0 Å². The number of amides is 3. The van der Waals surface area contributed by atoms with Crippen molar-refractivity contribution in [2.75, 3.05) is 17.2 Å². The first-order valence-corrected chi connectivity index (χ1v) is 10.5. The molecule has 9 nitrogen and oxygen atoms in total. The largest absolute Gasteiger partial charge is 0.492 e. The SMILES string of the molecule is CCOc1ccccc1NC(=O)Nc1cc(-c2ccccc2)nn1C1NC(=O)CC(C)N1. The Kier molecular flexibility index (Phi) is 6.37. The first-order valence-electron chi connectivity index (χ1n) is 10.5. The molecule has 0 aliphatic carbocycles. The Bertz CT molecular complexity index is 1100. The molecule has 9 heteroatoms. The van der Waals surface area contributed by atoms with Crippen molar-refractivity contribution < 1.29 is 14.3 Å². The van der Waals surface area contributed by atoms with E-state index in [1.807, 2.05) is 56.3 Å². The summed E-state index contributed by atoms with van der Waals surface area (Å²) in [6, 6.07) is 18.1. The predicted molar refractivity (Wildman–Crippen MR) is 122 cm³/mol. The molecule has 3 amide bonds. The molecule has 0 bridgehead atoms. The van der Waals surface area contributed by atoms with Crippen molar-refractivity contribution in [3.05, 3.63) is 60.7 Å². The third kappa shape index (κ3) is 4.89. The van der Waals surface area contributed by atoms with Gasteiger partial charge in [-0.25, -0.2) is 9.48 Å². The van der Waals surface area contributed by atoms with Crippen LogP contribution in [0, 0.1) is 0 Å². The van der Waals surface area contributed by atoms with Crippen LogP contribution in [0.2, 0.25) is 0 Å². The number of benzene rings is 2. The van der Waals surface area contributed by atoms with E-state index < -0.39 is 12.3 Å². The van der Waals surface area contributed by atoms with E-state index in [0.717, 1.165) is 5.56 Å². The maximum Gasteiger partial charge on any atom is 0.324 e. The summed E-state index contributed by atoms with van der Waals surface area (Å²) in [6.07, 6.45) is -0.212. The maximum atomic E-state index is 12.8. The van der Waals surface area contributed by atoms with Gasteiger partial charge < -0.3 is 15.4 Å². The summed E-state index contributed by atoms with van der Waals surface area (Å²) in [5.74, 6) is 0.930. The molecule has 0 spiro atoms. The average molecular weight is 435 g/mol. The Labute approximate surface area is 186 Å². The molecular formula is C23H26N6O3. The Morgan fingerprint density at radius 3 is 2.66 bits per heavy atom. The molecule has 2 heterocycles. The number of ether oxygens (including phenoxy) is 1. The summed E-state index contributed by atoms with van der Waals surface area (Å²) in [5, 5.41) is 16.5. The molecule has 0 radical (unpaired) electrons. The van der Waals surface area contributed by atoms with Crippen molar-refractivity contribution >= 4 is 23.4 Å². The zero-order chi connectivity index (χ0) is 22.5. The Morgan fingerprint density at radius 1 is 1.16 bits per heavy atom. The van der Waals surface area contributed by atoms with Gasteiger partial charge in [0, 0.05) is 24.1 Å². The lowest BCUT2D eigenvalue weighted by atomic mass is 10.2. The highest BCUT2D eigenvalue weighted by Gasteiger charge is 2.27. The molecule has 166 valence electrons. The summed E-state index contributed by atoms with van der Waals surface area (Å²) >= 11 is 0. The minimum Gasteiger partial charge on any atom is -0.492 e. The van der Waals surface area contributed by atoms with Gasteiger partial charge in [-0.15, -0.1) is 0 Å². The van der Waals surface area contributed by atoms with Crippen LogP contribution in [-0.2, 0) is 4.79 Å². The quantitative estimate of drug-likeness (QED) is 0.474. The topological polar surface area (TPSA) is 109 Å². The van der Waals surface area contributed by atoms with Gasteiger partial charge in [-0.1, -0.05) is 42.5 Å². The molecule has 4 N–H and O–H groups in total. The average Bonchev–Trinajstić information content (AvgIpc) is 3.19. The number of carbonyl (C=O) groups excluding carboxylic acids is 2. The number of urea groups is 1. The highest BCUT2D eigenvalue weighted by molar-refractivity contribution is 6.00. The smallest absolute Gasteiger partial charge is 0.324 e. The van der Waals surface area contributed by atoms with Gasteiger partial charge in [0.15, 0.2) is 6.29 Å². The minimum absolute atomic E-state index is 0.0297. The fourth-order valence-corrected chi connectivity index (χ4v) is 3.55. The fraction of sp³-hybridized carbons (Fsp3) is 0.261. The molecule has 4 rings (SSSR count). The number of para-hydroxylation sites is 2. The molecule has 2 aromatic carbocycles. The van der Waals surface area contributed by atoms with Crippen molar-refractivity contribution in [2.45, 2.75) is 32.6 Å². The monoisotopic (exact) mass is 434 g/mol. The van der Waals surface area contributed by atoms with Crippen LogP contribution >= 0.6 is 0 Å². The fourth-order valence-electron chi connectivity index (χ4n) is 3.55. The summed E-state index contributed by atoms with van der Waals surface area (Å²) in [6.45, 7) is 4.30. The normalized spacial score (nSPS) is 18.0. The number of nitrogens with one attached hydrogen (secondary N) is 4. The van der Waals surface area contributed by atoms with E-state index in [4.69, 9.17) is 4.74 Å². The molecular weight excluding hydrogens is 408 g/mol. The van der Waals surface area contributed by atoms with Crippen molar-refractivity contribution in [3.63, 3.8) is 0 Å². The van der Waals surface area contributed by atoms with Gasteiger partial charge in [0.05, 0.1) is 18.0 Å². The summed E-state index contributed by atoms with van der Waals surface area (Å²) in [5.41, 5.74) is 2.12. The second-order valence-corrected chi connectivity index (χ2v) is 7.48. The number of hydrogen-bond donors (Lipinski definition) is 4. The van der Waals surface area contributed by atoms with Crippen molar-refractivity contribution in [1.82, 2.24) is 20.4 Å². The van der Waals surface area contributed by atoms with Crippen molar-refractivity contribution in [1.29, 1.82) is 0 Å². The number of aromatic nitrogens is 2. The number of carbonyl (C=O) groups is 2. The molecule has 1 aromatic heterocycles. The zero-order valence-electron chi connectivity index (χ0n) is 18.0. The second kappa shape index (κ2) is 9.52. The maximum absolute atomic E-state index is 12.8. The Balaban J connectivity index is 1.61. The molecule has 1 fully saturated rings. The number of anilines is 2. The van der Waals surface area contributed by atoms with Crippen LogP contribution < -0.4 is 26.0 Å². The molecule has 1 aliphatic rings. The van der Waals surface area contributed by atoms with Crippen LogP contribution in [0.4, 0.5) is 16.3 Å². The van der Waals surface area contributed by atoms with E-state index >= 15 is 0 Å².